The summed E-state index contributed by atoms with van der Waals surface area (Å²) in [4.78, 5) is 21.3. The molecule has 62 heavy (non-hydrogen) atoms. The molecule has 12 rings (SSSR count). The normalized spacial score (nSPS) is 11.5. The Morgan fingerprint density at radius 2 is 0.839 bits per heavy atom. The fraction of sp³-hybridized carbons (Fsp3) is 0. The van der Waals surface area contributed by atoms with Gasteiger partial charge in [-0.05, 0) is 28.8 Å². The number of para-hydroxylation sites is 3. The number of rotatable bonds is 7. The summed E-state index contributed by atoms with van der Waals surface area (Å²) in [7, 11) is 0. The second kappa shape index (κ2) is 14.9. The number of fused-ring (bicyclic) bond motifs is 6. The van der Waals surface area contributed by atoms with Gasteiger partial charge >= 0.3 is 0 Å². The molecular weight excluding hydrogens is 777 g/mol. The molecule has 0 aliphatic heterocycles. The van der Waals surface area contributed by atoms with E-state index in [4.69, 9.17) is 24.4 Å². The molecule has 0 spiro atoms. The molecule has 0 aliphatic rings. The van der Waals surface area contributed by atoms with Gasteiger partial charge in [0.15, 0.2) is 17.5 Å². The van der Waals surface area contributed by atoms with Crippen LogP contribution in [-0.2, 0) is 0 Å². The molecule has 0 N–H and O–H groups in total. The molecule has 6 heteroatoms. The number of thiophene rings is 1. The third-order valence-corrected chi connectivity index (χ3v) is 12.8. The third kappa shape index (κ3) is 6.16. The van der Waals surface area contributed by atoms with Crippen LogP contribution in [0.25, 0.3) is 121 Å². The number of benzene rings is 8. The molecule has 0 amide bonds. The fourth-order valence-electron chi connectivity index (χ4n) is 8.56. The van der Waals surface area contributed by atoms with E-state index in [-0.39, 0.29) is 0 Å². The molecule has 4 heterocycles. The van der Waals surface area contributed by atoms with E-state index >= 15 is 0 Å². The minimum atomic E-state index is 0.633. The van der Waals surface area contributed by atoms with Gasteiger partial charge in [-0.3, -0.25) is 0 Å². The largest absolute Gasteiger partial charge is 0.455 e. The average molecular weight is 811 g/mol. The van der Waals surface area contributed by atoms with Gasteiger partial charge in [0.05, 0.1) is 11.2 Å². The lowest BCUT2D eigenvalue weighted by Crippen LogP contribution is -2.00. The fourth-order valence-corrected chi connectivity index (χ4v) is 9.91. The number of furan rings is 1. The van der Waals surface area contributed by atoms with Crippen molar-refractivity contribution in [3.05, 3.63) is 206 Å². The first kappa shape index (κ1) is 35.8. The van der Waals surface area contributed by atoms with Crippen LogP contribution in [-0.4, -0.2) is 19.9 Å². The number of hydrogen-bond donors (Lipinski definition) is 0. The molecule has 8 aromatic carbocycles. The lowest BCUT2D eigenvalue weighted by atomic mass is 9.93. The quantitative estimate of drug-likeness (QED) is 0.160. The zero-order valence-corrected chi connectivity index (χ0v) is 34.1. The maximum Gasteiger partial charge on any atom is 0.164 e. The number of pyridine rings is 1. The van der Waals surface area contributed by atoms with Crippen molar-refractivity contribution in [1.82, 2.24) is 19.9 Å². The highest BCUT2D eigenvalue weighted by atomic mass is 32.1. The highest BCUT2D eigenvalue weighted by molar-refractivity contribution is 7.24. The SMILES string of the molecule is c1ccc(-c2nc(-c3ccccc3)nc(-c3ccc(-c4ccc(-c5sc6c(c(-c7ccccc7)nc7ccccc76)c5-c5cccc6c5oc5ccccc56)cc4)cc3)n2)cc1. The van der Waals surface area contributed by atoms with Gasteiger partial charge in [0.1, 0.15) is 11.2 Å². The molecule has 4 aromatic heterocycles. The molecule has 0 unspecified atom stereocenters. The van der Waals surface area contributed by atoms with E-state index in [1.54, 1.807) is 0 Å². The Bertz CT molecular complexity index is 3540. The summed E-state index contributed by atoms with van der Waals surface area (Å²) in [6.45, 7) is 0. The van der Waals surface area contributed by atoms with Crippen LogP contribution in [0, 0.1) is 0 Å². The van der Waals surface area contributed by atoms with Gasteiger partial charge in [0.25, 0.3) is 0 Å². The summed E-state index contributed by atoms with van der Waals surface area (Å²) in [5.74, 6) is 1.92. The maximum absolute atomic E-state index is 6.73. The molecule has 0 saturated heterocycles. The number of nitrogens with zero attached hydrogens (tertiary/aromatic N) is 4. The van der Waals surface area contributed by atoms with Crippen LogP contribution in [0.5, 0.6) is 0 Å². The molecule has 0 bridgehead atoms. The van der Waals surface area contributed by atoms with Crippen LogP contribution in [0.4, 0.5) is 0 Å². The minimum Gasteiger partial charge on any atom is -0.455 e. The van der Waals surface area contributed by atoms with E-state index in [2.05, 4.69) is 140 Å². The third-order valence-electron chi connectivity index (χ3n) is 11.6. The average Bonchev–Trinajstić information content (AvgIpc) is 3.95. The predicted octanol–water partition coefficient (Wildman–Crippen LogP) is 15.2. The molecule has 0 radical (unpaired) electrons. The van der Waals surface area contributed by atoms with Gasteiger partial charge < -0.3 is 4.42 Å². The van der Waals surface area contributed by atoms with E-state index < -0.39 is 0 Å². The Hall–Kier alpha value is -8.06. The zero-order valence-electron chi connectivity index (χ0n) is 33.2. The number of hydrogen-bond acceptors (Lipinski definition) is 6. The Labute approximate surface area is 361 Å². The first-order chi connectivity index (χ1) is 30.7. The molecule has 0 fully saturated rings. The topological polar surface area (TPSA) is 64.7 Å². The van der Waals surface area contributed by atoms with Crippen LogP contribution >= 0.6 is 11.3 Å². The van der Waals surface area contributed by atoms with Crippen LogP contribution in [0.2, 0.25) is 0 Å². The second-order valence-corrected chi connectivity index (χ2v) is 16.3. The summed E-state index contributed by atoms with van der Waals surface area (Å²) >= 11 is 1.83. The van der Waals surface area contributed by atoms with Crippen LogP contribution in [0.15, 0.2) is 211 Å². The molecule has 290 valence electrons. The van der Waals surface area contributed by atoms with E-state index in [0.717, 1.165) is 94.0 Å². The van der Waals surface area contributed by atoms with Crippen molar-refractivity contribution in [3.63, 3.8) is 0 Å². The standard InChI is InChI=1S/C56H34N4OS/c1-4-15-37(16-5-1)50-49-48(45-24-14-23-43-42-21-11-13-26-47(42)61-51(43)45)52(62-53(49)44-22-10-12-25-46(44)57-50)38-31-27-35(28-32-38)36-29-33-41(34-30-36)56-59-54(39-17-6-2-7-18-39)58-55(60-56)40-19-8-3-9-20-40/h1-34H. The molecular formula is C56H34N4OS. The van der Waals surface area contributed by atoms with Crippen molar-refractivity contribution >= 4 is 54.3 Å². The maximum atomic E-state index is 6.73. The van der Waals surface area contributed by atoms with Gasteiger partial charge in [-0.15, -0.1) is 11.3 Å². The van der Waals surface area contributed by atoms with Crippen molar-refractivity contribution < 1.29 is 4.42 Å². The summed E-state index contributed by atoms with van der Waals surface area (Å²) in [5.41, 5.74) is 13.1. The van der Waals surface area contributed by atoms with E-state index in [9.17, 15) is 0 Å². The Balaban J connectivity index is 0.991. The van der Waals surface area contributed by atoms with Crippen LogP contribution in [0.3, 0.4) is 0 Å². The predicted molar refractivity (Wildman–Crippen MR) is 256 cm³/mol. The first-order valence-corrected chi connectivity index (χ1v) is 21.4. The molecule has 0 aliphatic carbocycles. The van der Waals surface area contributed by atoms with Gasteiger partial charge in [0.2, 0.25) is 0 Å². The van der Waals surface area contributed by atoms with E-state index in [1.807, 2.05) is 78.1 Å². The number of aromatic nitrogens is 4. The second-order valence-electron chi connectivity index (χ2n) is 15.3. The van der Waals surface area contributed by atoms with Gasteiger partial charge in [-0.1, -0.05) is 194 Å². The first-order valence-electron chi connectivity index (χ1n) is 20.6. The minimum absolute atomic E-state index is 0.633. The van der Waals surface area contributed by atoms with Crippen molar-refractivity contribution in [2.75, 3.05) is 0 Å². The highest BCUT2D eigenvalue weighted by Crippen LogP contribution is 2.52. The van der Waals surface area contributed by atoms with Crippen molar-refractivity contribution in [2.45, 2.75) is 0 Å². The lowest BCUT2D eigenvalue weighted by molar-refractivity contribution is 0.670. The summed E-state index contributed by atoms with van der Waals surface area (Å²) in [6, 6.07) is 71.4. The van der Waals surface area contributed by atoms with Crippen molar-refractivity contribution in [1.29, 1.82) is 0 Å². The van der Waals surface area contributed by atoms with Gasteiger partial charge in [-0.25, -0.2) is 19.9 Å². The highest BCUT2D eigenvalue weighted by Gasteiger charge is 2.25. The van der Waals surface area contributed by atoms with Crippen molar-refractivity contribution in [2.24, 2.45) is 0 Å². The Morgan fingerprint density at radius 1 is 0.355 bits per heavy atom. The van der Waals surface area contributed by atoms with Crippen LogP contribution in [0.1, 0.15) is 0 Å². The lowest BCUT2D eigenvalue weighted by Gasteiger charge is -2.11. The summed E-state index contributed by atoms with van der Waals surface area (Å²) < 4.78 is 7.93. The van der Waals surface area contributed by atoms with Crippen LogP contribution < -0.4 is 0 Å². The Morgan fingerprint density at radius 3 is 1.47 bits per heavy atom. The summed E-state index contributed by atoms with van der Waals surface area (Å²) in [5, 5.41) is 4.48. The van der Waals surface area contributed by atoms with Crippen molar-refractivity contribution in [3.8, 4) is 78.1 Å². The smallest absolute Gasteiger partial charge is 0.164 e. The van der Waals surface area contributed by atoms with E-state index in [1.165, 1.54) is 9.58 Å². The molecule has 0 atom stereocenters. The molecule has 0 saturated carbocycles. The summed E-state index contributed by atoms with van der Waals surface area (Å²) in [6.07, 6.45) is 0. The molecule has 12 aromatic rings. The Kier molecular flexibility index (Phi) is 8.61. The molecule has 5 nitrogen and oxygen atoms in total. The van der Waals surface area contributed by atoms with Gasteiger partial charge in [-0.2, -0.15) is 0 Å². The van der Waals surface area contributed by atoms with Gasteiger partial charge in [0, 0.05) is 64.5 Å². The zero-order chi connectivity index (χ0) is 41.0. The van der Waals surface area contributed by atoms with E-state index in [0.29, 0.717) is 17.5 Å². The monoisotopic (exact) mass is 810 g/mol.